The lowest BCUT2D eigenvalue weighted by atomic mass is 10.2. The van der Waals surface area contributed by atoms with Crippen molar-refractivity contribution in [2.24, 2.45) is 5.41 Å². The van der Waals surface area contributed by atoms with E-state index in [4.69, 9.17) is 5.73 Å². The maximum Gasteiger partial charge on any atom is 0.223 e. The van der Waals surface area contributed by atoms with Gasteiger partial charge in [0.15, 0.2) is 0 Å². The van der Waals surface area contributed by atoms with Crippen LogP contribution in [0.5, 0.6) is 0 Å². The fraction of sp³-hybridized carbons (Fsp3) is 0.636. The Morgan fingerprint density at radius 3 is 2.62 bits per heavy atom. The molecular formula is C11H19N5. The van der Waals surface area contributed by atoms with Crippen molar-refractivity contribution in [3.63, 3.8) is 0 Å². The summed E-state index contributed by atoms with van der Waals surface area (Å²) in [5.74, 6) is 1.88. The van der Waals surface area contributed by atoms with E-state index in [9.17, 15) is 0 Å². The molecule has 4 N–H and O–H groups in total. The van der Waals surface area contributed by atoms with E-state index in [1.54, 1.807) is 0 Å². The quantitative estimate of drug-likeness (QED) is 0.721. The summed E-state index contributed by atoms with van der Waals surface area (Å²) in [6, 6.07) is 2.39. The Labute approximate surface area is 95.9 Å². The van der Waals surface area contributed by atoms with Crippen LogP contribution < -0.4 is 16.4 Å². The predicted octanol–water partition coefficient (Wildman–Crippen LogP) is 1.70. The summed E-state index contributed by atoms with van der Waals surface area (Å²) >= 11 is 0. The Kier molecular flexibility index (Phi) is 2.61. The molecule has 16 heavy (non-hydrogen) atoms. The molecule has 5 heteroatoms. The van der Waals surface area contributed by atoms with E-state index in [1.807, 2.05) is 13.0 Å². The summed E-state index contributed by atoms with van der Waals surface area (Å²) in [6.07, 6.45) is 1.17. The van der Waals surface area contributed by atoms with Crippen molar-refractivity contribution in [2.75, 3.05) is 22.9 Å². The van der Waals surface area contributed by atoms with E-state index < -0.39 is 0 Å². The van der Waals surface area contributed by atoms with Gasteiger partial charge >= 0.3 is 0 Å². The molecule has 0 bridgehead atoms. The van der Waals surface area contributed by atoms with Gasteiger partial charge in [-0.2, -0.15) is 9.97 Å². The number of rotatable bonds is 4. The molecule has 0 aliphatic heterocycles. The molecule has 1 aliphatic rings. The molecule has 0 saturated heterocycles. The van der Waals surface area contributed by atoms with Gasteiger partial charge in [0.1, 0.15) is 11.6 Å². The van der Waals surface area contributed by atoms with Gasteiger partial charge in [0.05, 0.1) is 0 Å². The van der Waals surface area contributed by atoms with E-state index in [0.29, 0.717) is 17.4 Å². The monoisotopic (exact) mass is 221 g/mol. The van der Waals surface area contributed by atoms with Crippen LogP contribution in [0.3, 0.4) is 0 Å². The zero-order valence-corrected chi connectivity index (χ0v) is 10.0. The predicted molar refractivity (Wildman–Crippen MR) is 66.4 cm³/mol. The van der Waals surface area contributed by atoms with Gasteiger partial charge in [-0.05, 0) is 18.8 Å². The minimum absolute atomic E-state index is 0.305. The Morgan fingerprint density at radius 2 is 2.06 bits per heavy atom. The first kappa shape index (κ1) is 11.0. The molecule has 1 aromatic heterocycles. The number of nitrogens with two attached hydrogens (primary N) is 1. The fourth-order valence-electron chi connectivity index (χ4n) is 1.70. The summed E-state index contributed by atoms with van der Waals surface area (Å²) in [5, 5.41) is 6.51. The third-order valence-corrected chi connectivity index (χ3v) is 2.94. The summed E-state index contributed by atoms with van der Waals surface area (Å²) in [4.78, 5) is 8.28. The molecule has 1 unspecified atom stereocenters. The van der Waals surface area contributed by atoms with Crippen LogP contribution in [0.2, 0.25) is 0 Å². The Morgan fingerprint density at radius 1 is 1.44 bits per heavy atom. The van der Waals surface area contributed by atoms with Crippen molar-refractivity contribution < 1.29 is 0 Å². The minimum Gasteiger partial charge on any atom is -0.370 e. The third-order valence-electron chi connectivity index (χ3n) is 2.94. The number of hydrogen-bond donors (Lipinski definition) is 3. The van der Waals surface area contributed by atoms with Crippen LogP contribution in [0.1, 0.15) is 27.2 Å². The summed E-state index contributed by atoms with van der Waals surface area (Å²) in [5.41, 5.74) is 6.02. The van der Waals surface area contributed by atoms with Crippen LogP contribution in [0.25, 0.3) is 0 Å². The minimum atomic E-state index is 0.305. The molecule has 1 atom stereocenters. The summed E-state index contributed by atoms with van der Waals surface area (Å²) in [6.45, 7) is 7.32. The molecule has 1 fully saturated rings. The smallest absolute Gasteiger partial charge is 0.223 e. The van der Waals surface area contributed by atoms with E-state index >= 15 is 0 Å². The first-order chi connectivity index (χ1) is 7.51. The Bertz CT molecular complexity index is 388. The van der Waals surface area contributed by atoms with Gasteiger partial charge in [0, 0.05) is 18.7 Å². The topological polar surface area (TPSA) is 75.9 Å². The molecular weight excluding hydrogens is 202 g/mol. The van der Waals surface area contributed by atoms with Gasteiger partial charge < -0.3 is 16.4 Å². The lowest BCUT2D eigenvalue weighted by Gasteiger charge is -2.10. The number of aromatic nitrogens is 2. The highest BCUT2D eigenvalue weighted by molar-refractivity contribution is 5.52. The molecule has 1 aliphatic carbocycles. The van der Waals surface area contributed by atoms with Crippen molar-refractivity contribution >= 4 is 17.6 Å². The highest BCUT2D eigenvalue weighted by Gasteiger charge is 2.45. The van der Waals surface area contributed by atoms with Gasteiger partial charge in [-0.25, -0.2) is 0 Å². The zero-order valence-electron chi connectivity index (χ0n) is 10.0. The average Bonchev–Trinajstić information content (AvgIpc) is 2.72. The van der Waals surface area contributed by atoms with Gasteiger partial charge in [-0.15, -0.1) is 0 Å². The molecule has 0 radical (unpaired) electrons. The van der Waals surface area contributed by atoms with Crippen LogP contribution in [0.4, 0.5) is 17.6 Å². The van der Waals surface area contributed by atoms with Crippen molar-refractivity contribution in [3.05, 3.63) is 6.07 Å². The second kappa shape index (κ2) is 3.81. The molecule has 88 valence electrons. The van der Waals surface area contributed by atoms with E-state index in [0.717, 1.165) is 18.2 Å². The normalized spacial score (nSPS) is 21.6. The lowest BCUT2D eigenvalue weighted by molar-refractivity contribution is 0.630. The van der Waals surface area contributed by atoms with E-state index in [1.165, 1.54) is 6.42 Å². The molecule has 1 aromatic rings. The highest BCUT2D eigenvalue weighted by atomic mass is 15.1. The number of nitrogen functional groups attached to an aromatic ring is 1. The molecule has 1 heterocycles. The maximum absolute atomic E-state index is 5.65. The van der Waals surface area contributed by atoms with Crippen LogP contribution in [-0.2, 0) is 0 Å². The molecule has 5 nitrogen and oxygen atoms in total. The van der Waals surface area contributed by atoms with Crippen molar-refractivity contribution in [2.45, 2.75) is 33.2 Å². The summed E-state index contributed by atoms with van der Waals surface area (Å²) < 4.78 is 0. The molecule has 0 spiro atoms. The van der Waals surface area contributed by atoms with Crippen LogP contribution in [0, 0.1) is 5.41 Å². The van der Waals surface area contributed by atoms with Gasteiger partial charge in [-0.1, -0.05) is 13.8 Å². The standard InChI is InChI=1S/C11H19N5/c1-4-13-8-5-9(16-10(12)15-8)14-7-6-11(7,2)3/h5,7H,4,6H2,1-3H3,(H4,12,13,14,15,16). The van der Waals surface area contributed by atoms with Crippen molar-refractivity contribution in [1.29, 1.82) is 0 Å². The van der Waals surface area contributed by atoms with Gasteiger partial charge in [-0.3, -0.25) is 0 Å². The maximum atomic E-state index is 5.65. The third kappa shape index (κ3) is 2.35. The van der Waals surface area contributed by atoms with Crippen LogP contribution in [-0.4, -0.2) is 22.6 Å². The van der Waals surface area contributed by atoms with E-state index in [-0.39, 0.29) is 0 Å². The van der Waals surface area contributed by atoms with Gasteiger partial charge in [0.25, 0.3) is 0 Å². The Hall–Kier alpha value is -1.52. The highest BCUT2D eigenvalue weighted by Crippen LogP contribution is 2.46. The average molecular weight is 221 g/mol. The molecule has 2 rings (SSSR count). The fourth-order valence-corrected chi connectivity index (χ4v) is 1.70. The lowest BCUT2D eigenvalue weighted by Crippen LogP contribution is -2.12. The first-order valence-corrected chi connectivity index (χ1v) is 5.66. The van der Waals surface area contributed by atoms with Crippen LogP contribution in [0.15, 0.2) is 6.07 Å². The van der Waals surface area contributed by atoms with Crippen LogP contribution >= 0.6 is 0 Å². The zero-order chi connectivity index (χ0) is 11.8. The SMILES string of the molecule is CCNc1cc(NC2CC2(C)C)nc(N)n1. The summed E-state index contributed by atoms with van der Waals surface area (Å²) in [7, 11) is 0. The largest absolute Gasteiger partial charge is 0.370 e. The number of nitrogens with zero attached hydrogens (tertiary/aromatic N) is 2. The number of anilines is 3. The second-order valence-electron chi connectivity index (χ2n) is 4.92. The second-order valence-corrected chi connectivity index (χ2v) is 4.92. The molecule has 0 aromatic carbocycles. The van der Waals surface area contributed by atoms with Crippen molar-refractivity contribution in [3.8, 4) is 0 Å². The van der Waals surface area contributed by atoms with E-state index in [2.05, 4.69) is 34.4 Å². The van der Waals surface area contributed by atoms with Crippen molar-refractivity contribution in [1.82, 2.24) is 9.97 Å². The van der Waals surface area contributed by atoms with Gasteiger partial charge in [0.2, 0.25) is 5.95 Å². The molecule has 0 amide bonds. The number of nitrogens with one attached hydrogen (secondary N) is 2. The number of hydrogen-bond acceptors (Lipinski definition) is 5. The Balaban J connectivity index is 2.09. The molecule has 1 saturated carbocycles. The first-order valence-electron chi connectivity index (χ1n) is 5.66.